The van der Waals surface area contributed by atoms with Crippen molar-refractivity contribution in [2.75, 3.05) is 0 Å². The van der Waals surface area contributed by atoms with Crippen molar-refractivity contribution in [3.63, 3.8) is 0 Å². The van der Waals surface area contributed by atoms with Crippen molar-refractivity contribution in [1.82, 2.24) is 0 Å². The van der Waals surface area contributed by atoms with Gasteiger partial charge in [-0.3, -0.25) is 14.9 Å². The molecule has 82 valence electrons. The highest BCUT2D eigenvalue weighted by Gasteiger charge is 2.17. The van der Waals surface area contributed by atoms with Crippen molar-refractivity contribution in [2.45, 2.75) is 18.9 Å². The maximum absolute atomic E-state index is 10.3. The molecule has 0 amide bonds. The van der Waals surface area contributed by atoms with Crippen LogP contribution in [0.15, 0.2) is 16.5 Å². The Morgan fingerprint density at radius 3 is 2.80 bits per heavy atom. The van der Waals surface area contributed by atoms with Crippen LogP contribution in [-0.2, 0) is 4.79 Å². The second kappa shape index (κ2) is 4.56. The van der Waals surface area contributed by atoms with E-state index in [1.54, 1.807) is 0 Å². The first-order valence-corrected chi connectivity index (χ1v) is 4.22. The third kappa shape index (κ3) is 3.06. The molecule has 1 atom stereocenters. The molecule has 1 heterocycles. The van der Waals surface area contributed by atoms with E-state index in [4.69, 9.17) is 15.3 Å². The number of nitrogens with zero attached hydrogens (tertiary/aromatic N) is 1. The molecule has 0 aliphatic carbocycles. The van der Waals surface area contributed by atoms with Gasteiger partial charge in [-0.15, -0.1) is 0 Å². The molecule has 0 bridgehead atoms. The topological polar surface area (TPSA) is 120 Å². The van der Waals surface area contributed by atoms with E-state index in [1.165, 1.54) is 12.1 Å². The van der Waals surface area contributed by atoms with Gasteiger partial charge in [-0.05, 0) is 12.5 Å². The van der Waals surface area contributed by atoms with Gasteiger partial charge in [0.2, 0.25) is 0 Å². The Balaban J connectivity index is 2.61. The summed E-state index contributed by atoms with van der Waals surface area (Å²) in [7, 11) is 0. The van der Waals surface area contributed by atoms with Gasteiger partial charge in [0.25, 0.3) is 0 Å². The standard InChI is InChI=1S/C8H10N2O5/c9-5(1-4-8(11)12)6-2-3-7(15-6)10(13)14/h2-3,5H,1,4,9H2,(H,11,12). The van der Waals surface area contributed by atoms with E-state index in [9.17, 15) is 14.9 Å². The zero-order valence-corrected chi connectivity index (χ0v) is 7.75. The minimum atomic E-state index is -0.966. The van der Waals surface area contributed by atoms with Crippen molar-refractivity contribution in [2.24, 2.45) is 5.73 Å². The molecule has 0 radical (unpaired) electrons. The van der Waals surface area contributed by atoms with Crippen LogP contribution in [-0.4, -0.2) is 16.0 Å². The second-order valence-corrected chi connectivity index (χ2v) is 2.97. The molecule has 0 aromatic carbocycles. The van der Waals surface area contributed by atoms with E-state index < -0.39 is 22.8 Å². The summed E-state index contributed by atoms with van der Waals surface area (Å²) in [6.07, 6.45) is 0.0790. The molecule has 1 aromatic heterocycles. The Kier molecular flexibility index (Phi) is 3.40. The Morgan fingerprint density at radius 2 is 2.33 bits per heavy atom. The zero-order valence-electron chi connectivity index (χ0n) is 7.75. The fourth-order valence-electron chi connectivity index (χ4n) is 1.06. The number of furan rings is 1. The molecule has 0 spiro atoms. The third-order valence-corrected chi connectivity index (χ3v) is 1.83. The molecular weight excluding hydrogens is 204 g/mol. The first kappa shape index (κ1) is 11.2. The molecule has 15 heavy (non-hydrogen) atoms. The lowest BCUT2D eigenvalue weighted by molar-refractivity contribution is -0.402. The van der Waals surface area contributed by atoms with Gasteiger partial charge in [0, 0.05) is 6.42 Å². The number of carbonyl (C=O) groups is 1. The molecule has 0 saturated heterocycles. The van der Waals surface area contributed by atoms with E-state index in [2.05, 4.69) is 0 Å². The SMILES string of the molecule is NC(CCC(=O)O)c1ccc([N+](=O)[O-])o1. The van der Waals surface area contributed by atoms with Gasteiger partial charge < -0.3 is 15.3 Å². The molecule has 0 fully saturated rings. The van der Waals surface area contributed by atoms with Crippen LogP contribution in [0.1, 0.15) is 24.6 Å². The van der Waals surface area contributed by atoms with Gasteiger partial charge in [-0.1, -0.05) is 0 Å². The van der Waals surface area contributed by atoms with Gasteiger partial charge >= 0.3 is 11.9 Å². The largest absolute Gasteiger partial charge is 0.481 e. The van der Waals surface area contributed by atoms with Crippen LogP contribution in [0.5, 0.6) is 0 Å². The molecule has 1 unspecified atom stereocenters. The number of nitrogens with two attached hydrogens (primary N) is 1. The number of nitro groups is 1. The van der Waals surface area contributed by atoms with Gasteiger partial charge in [0.1, 0.15) is 10.7 Å². The highest BCUT2D eigenvalue weighted by Crippen LogP contribution is 2.22. The molecule has 7 heteroatoms. The maximum Gasteiger partial charge on any atom is 0.433 e. The fourth-order valence-corrected chi connectivity index (χ4v) is 1.06. The van der Waals surface area contributed by atoms with E-state index in [1.807, 2.05) is 0 Å². The smallest absolute Gasteiger partial charge is 0.433 e. The van der Waals surface area contributed by atoms with Crippen LogP contribution >= 0.6 is 0 Å². The first-order valence-electron chi connectivity index (χ1n) is 4.22. The molecule has 0 saturated carbocycles. The van der Waals surface area contributed by atoms with Crippen molar-refractivity contribution in [3.05, 3.63) is 28.0 Å². The summed E-state index contributed by atoms with van der Waals surface area (Å²) in [6.45, 7) is 0. The van der Waals surface area contributed by atoms with E-state index in [-0.39, 0.29) is 18.6 Å². The summed E-state index contributed by atoms with van der Waals surface area (Å²) in [4.78, 5) is 19.9. The van der Waals surface area contributed by atoms with Gasteiger partial charge in [0.05, 0.1) is 12.1 Å². The van der Waals surface area contributed by atoms with Crippen LogP contribution in [0.25, 0.3) is 0 Å². The molecule has 0 aliphatic rings. The number of hydrogen-bond donors (Lipinski definition) is 2. The minimum Gasteiger partial charge on any atom is -0.481 e. The molecular formula is C8H10N2O5. The molecule has 0 aliphatic heterocycles. The van der Waals surface area contributed by atoms with E-state index in [0.717, 1.165) is 0 Å². The predicted molar refractivity (Wildman–Crippen MR) is 49.2 cm³/mol. The van der Waals surface area contributed by atoms with Gasteiger partial charge in [0.15, 0.2) is 0 Å². The number of rotatable bonds is 5. The summed E-state index contributed by atoms with van der Waals surface area (Å²) in [5, 5.41) is 18.7. The summed E-state index contributed by atoms with van der Waals surface area (Å²) in [5.74, 6) is -1.13. The van der Waals surface area contributed by atoms with E-state index >= 15 is 0 Å². The van der Waals surface area contributed by atoms with Crippen LogP contribution in [0.4, 0.5) is 5.88 Å². The number of carboxylic acid groups (broad SMARTS) is 1. The lowest BCUT2D eigenvalue weighted by atomic mass is 10.1. The number of hydrogen-bond acceptors (Lipinski definition) is 5. The van der Waals surface area contributed by atoms with Crippen molar-refractivity contribution < 1.29 is 19.2 Å². The van der Waals surface area contributed by atoms with E-state index in [0.29, 0.717) is 0 Å². The lowest BCUT2D eigenvalue weighted by Gasteiger charge is -2.04. The van der Waals surface area contributed by atoms with Crippen LogP contribution in [0.3, 0.4) is 0 Å². The summed E-state index contributed by atoms with van der Waals surface area (Å²) < 4.78 is 4.82. The highest BCUT2D eigenvalue weighted by atomic mass is 16.6. The third-order valence-electron chi connectivity index (χ3n) is 1.83. The van der Waals surface area contributed by atoms with Crippen LogP contribution < -0.4 is 5.73 Å². The quantitative estimate of drug-likeness (QED) is 0.558. The lowest BCUT2D eigenvalue weighted by Crippen LogP contribution is -2.11. The maximum atomic E-state index is 10.3. The Labute approximate surface area is 84.6 Å². The average molecular weight is 214 g/mol. The first-order chi connectivity index (χ1) is 7.00. The van der Waals surface area contributed by atoms with Gasteiger partial charge in [-0.2, -0.15) is 0 Å². The summed E-state index contributed by atoms with van der Waals surface area (Å²) in [6, 6.07) is 1.94. The second-order valence-electron chi connectivity index (χ2n) is 2.97. The fraction of sp³-hybridized carbons (Fsp3) is 0.375. The summed E-state index contributed by atoms with van der Waals surface area (Å²) >= 11 is 0. The predicted octanol–water partition coefficient (Wildman–Crippen LogP) is 1.05. The highest BCUT2D eigenvalue weighted by molar-refractivity contribution is 5.66. The number of carboxylic acids is 1. The normalized spacial score (nSPS) is 12.3. The zero-order chi connectivity index (χ0) is 11.4. The van der Waals surface area contributed by atoms with Crippen LogP contribution in [0, 0.1) is 10.1 Å². The summed E-state index contributed by atoms with van der Waals surface area (Å²) in [5.41, 5.74) is 5.58. The molecule has 3 N–H and O–H groups in total. The number of aliphatic carboxylic acids is 1. The van der Waals surface area contributed by atoms with Crippen molar-refractivity contribution >= 4 is 11.9 Å². The van der Waals surface area contributed by atoms with Gasteiger partial charge in [-0.25, -0.2) is 0 Å². The average Bonchev–Trinajstić information content (AvgIpc) is 2.62. The monoisotopic (exact) mass is 214 g/mol. The van der Waals surface area contributed by atoms with Crippen molar-refractivity contribution in [3.8, 4) is 0 Å². The van der Waals surface area contributed by atoms with Crippen LogP contribution in [0.2, 0.25) is 0 Å². The Hall–Kier alpha value is -1.89. The Bertz CT molecular complexity index is 373. The van der Waals surface area contributed by atoms with Crippen molar-refractivity contribution in [1.29, 1.82) is 0 Å². The molecule has 1 aromatic rings. The minimum absolute atomic E-state index is 0.102. The Morgan fingerprint density at radius 1 is 1.67 bits per heavy atom. The molecule has 1 rings (SSSR count). The molecule has 7 nitrogen and oxygen atoms in total.